The molecule has 0 aromatic heterocycles. The van der Waals surface area contributed by atoms with Crippen molar-refractivity contribution in [1.82, 2.24) is 4.31 Å². The number of nitro groups is 1. The van der Waals surface area contributed by atoms with E-state index in [0.717, 1.165) is 31.4 Å². The predicted molar refractivity (Wildman–Crippen MR) is 116 cm³/mol. The summed E-state index contributed by atoms with van der Waals surface area (Å²) in [6, 6.07) is 10.5. The molecule has 0 amide bonds. The molecule has 0 unspecified atom stereocenters. The Hall–Kier alpha value is -2.72. The van der Waals surface area contributed by atoms with Gasteiger partial charge in [0.25, 0.3) is 5.69 Å². The second-order valence-electron chi connectivity index (χ2n) is 7.93. The average Bonchev–Trinajstić information content (AvgIpc) is 3.31. The minimum atomic E-state index is -3.80. The molecule has 1 N–H and O–H groups in total. The second kappa shape index (κ2) is 8.80. The number of nitrogens with zero attached hydrogens (tertiary/aromatic N) is 3. The largest absolute Gasteiger partial charge is 0.382 e. The van der Waals surface area contributed by atoms with E-state index in [2.05, 4.69) is 5.32 Å². The molecule has 0 aliphatic carbocycles. The van der Waals surface area contributed by atoms with Crippen LogP contribution in [0.15, 0.2) is 47.4 Å². The lowest BCUT2D eigenvalue weighted by Gasteiger charge is -2.35. The summed E-state index contributed by atoms with van der Waals surface area (Å²) in [6.45, 7) is 2.10. The van der Waals surface area contributed by atoms with E-state index in [0.29, 0.717) is 31.9 Å². The molecule has 0 atom stereocenters. The van der Waals surface area contributed by atoms with Crippen LogP contribution in [0.2, 0.25) is 0 Å². The first-order valence-electron chi connectivity index (χ1n) is 10.4. The topological polar surface area (TPSA) is 95.8 Å². The Kier molecular flexibility index (Phi) is 6.10. The molecule has 8 nitrogen and oxygen atoms in total. The minimum absolute atomic E-state index is 0.00791. The van der Waals surface area contributed by atoms with Crippen LogP contribution in [0.1, 0.15) is 25.7 Å². The van der Waals surface area contributed by atoms with Crippen molar-refractivity contribution in [3.63, 3.8) is 0 Å². The molecule has 2 aliphatic rings. The molecule has 10 heteroatoms. The number of piperidine rings is 1. The lowest BCUT2D eigenvalue weighted by molar-refractivity contribution is -0.385. The van der Waals surface area contributed by atoms with Crippen molar-refractivity contribution in [3.8, 4) is 0 Å². The molecule has 166 valence electrons. The number of benzene rings is 2. The Bertz CT molecular complexity index is 1050. The van der Waals surface area contributed by atoms with Crippen molar-refractivity contribution < 1.29 is 17.7 Å². The average molecular weight is 449 g/mol. The third-order valence-corrected chi connectivity index (χ3v) is 7.82. The van der Waals surface area contributed by atoms with Gasteiger partial charge in [0.2, 0.25) is 10.0 Å². The summed E-state index contributed by atoms with van der Waals surface area (Å²) >= 11 is 0. The van der Waals surface area contributed by atoms with Crippen molar-refractivity contribution in [2.45, 2.75) is 36.6 Å². The summed E-state index contributed by atoms with van der Waals surface area (Å²) in [4.78, 5) is 12.7. The smallest absolute Gasteiger partial charge is 0.270 e. The lowest BCUT2D eigenvalue weighted by Crippen LogP contribution is -2.40. The minimum Gasteiger partial charge on any atom is -0.382 e. The summed E-state index contributed by atoms with van der Waals surface area (Å²) in [6.07, 6.45) is 3.11. The Morgan fingerprint density at radius 1 is 1.00 bits per heavy atom. The van der Waals surface area contributed by atoms with Crippen molar-refractivity contribution in [2.75, 3.05) is 36.4 Å². The molecule has 0 radical (unpaired) electrons. The molecule has 2 heterocycles. The second-order valence-corrected chi connectivity index (χ2v) is 9.84. The Balaban J connectivity index is 1.54. The highest BCUT2D eigenvalue weighted by Gasteiger charge is 2.33. The van der Waals surface area contributed by atoms with Crippen LogP contribution in [-0.2, 0) is 10.0 Å². The van der Waals surface area contributed by atoms with Gasteiger partial charge in [-0.15, -0.1) is 0 Å². The normalized spacial score (nSPS) is 18.3. The lowest BCUT2D eigenvalue weighted by atomic mass is 10.0. The molecule has 2 aromatic carbocycles. The van der Waals surface area contributed by atoms with Crippen molar-refractivity contribution in [1.29, 1.82) is 0 Å². The van der Waals surface area contributed by atoms with Crippen molar-refractivity contribution in [3.05, 3.63) is 58.4 Å². The van der Waals surface area contributed by atoms with Gasteiger partial charge in [-0.3, -0.25) is 10.1 Å². The van der Waals surface area contributed by atoms with Crippen LogP contribution in [-0.4, -0.2) is 49.9 Å². The molecular formula is C21H25FN4O4S. The van der Waals surface area contributed by atoms with Gasteiger partial charge in [-0.25, -0.2) is 12.8 Å². The Morgan fingerprint density at radius 2 is 1.65 bits per heavy atom. The predicted octanol–water partition coefficient (Wildman–Crippen LogP) is 3.60. The third-order valence-electron chi connectivity index (χ3n) is 5.89. The number of non-ortho nitro benzene ring substituents is 1. The van der Waals surface area contributed by atoms with Crippen LogP contribution >= 0.6 is 0 Å². The Morgan fingerprint density at radius 3 is 2.26 bits per heavy atom. The fourth-order valence-corrected chi connectivity index (χ4v) is 5.95. The quantitative estimate of drug-likeness (QED) is 0.536. The number of nitro benzene ring substituents is 1. The zero-order chi connectivity index (χ0) is 22.0. The summed E-state index contributed by atoms with van der Waals surface area (Å²) in [5.74, 6) is -0.287. The molecule has 0 spiro atoms. The van der Waals surface area contributed by atoms with E-state index in [4.69, 9.17) is 0 Å². The van der Waals surface area contributed by atoms with Gasteiger partial charge >= 0.3 is 0 Å². The molecule has 0 bridgehead atoms. The first-order chi connectivity index (χ1) is 14.8. The summed E-state index contributed by atoms with van der Waals surface area (Å²) in [5.41, 5.74) is 1.12. The maximum Gasteiger partial charge on any atom is 0.270 e. The highest BCUT2D eigenvalue weighted by Crippen LogP contribution is 2.34. The zero-order valence-electron chi connectivity index (χ0n) is 17.0. The van der Waals surface area contributed by atoms with Gasteiger partial charge in [0, 0.05) is 50.0 Å². The van der Waals surface area contributed by atoms with Gasteiger partial charge in [-0.05, 0) is 56.0 Å². The van der Waals surface area contributed by atoms with Gasteiger partial charge < -0.3 is 10.2 Å². The van der Waals surface area contributed by atoms with Gasteiger partial charge in [0.15, 0.2) is 0 Å². The number of nitrogens with one attached hydrogen (secondary N) is 1. The monoisotopic (exact) mass is 448 g/mol. The summed E-state index contributed by atoms with van der Waals surface area (Å²) in [5, 5.41) is 14.7. The maximum absolute atomic E-state index is 13.2. The molecule has 2 fully saturated rings. The fraction of sp³-hybridized carbons (Fsp3) is 0.429. The van der Waals surface area contributed by atoms with Crippen molar-refractivity contribution in [2.24, 2.45) is 0 Å². The highest BCUT2D eigenvalue weighted by atomic mass is 32.2. The fourth-order valence-electron chi connectivity index (χ4n) is 4.20. The number of anilines is 2. The van der Waals surface area contributed by atoms with Crippen LogP contribution in [0.25, 0.3) is 0 Å². The molecular weight excluding hydrogens is 423 g/mol. The number of rotatable bonds is 6. The van der Waals surface area contributed by atoms with Gasteiger partial charge in [0.1, 0.15) is 10.7 Å². The molecule has 2 saturated heterocycles. The number of sulfonamides is 1. The van der Waals surface area contributed by atoms with Gasteiger partial charge in [-0.2, -0.15) is 4.31 Å². The maximum atomic E-state index is 13.2. The first kappa shape index (κ1) is 21.5. The molecule has 0 saturated carbocycles. The van der Waals surface area contributed by atoms with Crippen LogP contribution in [0.3, 0.4) is 0 Å². The van der Waals surface area contributed by atoms with E-state index in [1.807, 2.05) is 4.90 Å². The first-order valence-corrected chi connectivity index (χ1v) is 11.8. The standard InChI is InChI=1S/C21H25FN4O4S/c22-16-3-5-17(6-4-16)23-18-9-13-24(14-10-18)20-8-7-19(26(27)28)15-21(20)31(29,30)25-11-1-2-12-25/h3-8,15,18,23H,1-2,9-14H2. The Labute approximate surface area is 180 Å². The van der Waals surface area contributed by atoms with E-state index < -0.39 is 14.9 Å². The van der Waals surface area contributed by atoms with Crippen LogP contribution in [0.5, 0.6) is 0 Å². The number of halogens is 1. The summed E-state index contributed by atoms with van der Waals surface area (Å²) < 4.78 is 41.0. The van der Waals surface area contributed by atoms with E-state index in [1.54, 1.807) is 18.2 Å². The van der Waals surface area contributed by atoms with E-state index in [1.165, 1.54) is 28.6 Å². The molecule has 4 rings (SSSR count). The highest BCUT2D eigenvalue weighted by molar-refractivity contribution is 7.89. The van der Waals surface area contributed by atoms with Gasteiger partial charge in [0.05, 0.1) is 10.6 Å². The number of hydrogen-bond acceptors (Lipinski definition) is 6. The van der Waals surface area contributed by atoms with E-state index in [9.17, 15) is 22.9 Å². The molecule has 2 aliphatic heterocycles. The van der Waals surface area contributed by atoms with Crippen molar-refractivity contribution >= 4 is 27.1 Å². The molecule has 31 heavy (non-hydrogen) atoms. The van der Waals surface area contributed by atoms with Crippen LogP contribution < -0.4 is 10.2 Å². The SMILES string of the molecule is O=[N+]([O-])c1ccc(N2CCC(Nc3ccc(F)cc3)CC2)c(S(=O)(=O)N2CCCC2)c1. The molecule has 2 aromatic rings. The zero-order valence-corrected chi connectivity index (χ0v) is 17.9. The van der Waals surface area contributed by atoms with E-state index >= 15 is 0 Å². The van der Waals surface area contributed by atoms with Gasteiger partial charge in [-0.1, -0.05) is 0 Å². The van der Waals surface area contributed by atoms with Crippen LogP contribution in [0, 0.1) is 15.9 Å². The third kappa shape index (κ3) is 4.64. The summed E-state index contributed by atoms with van der Waals surface area (Å²) in [7, 11) is -3.80. The van der Waals surface area contributed by atoms with Crippen LogP contribution in [0.4, 0.5) is 21.5 Å². The number of hydrogen-bond donors (Lipinski definition) is 1. The van der Waals surface area contributed by atoms with E-state index in [-0.39, 0.29) is 22.4 Å².